The third-order valence-corrected chi connectivity index (χ3v) is 4.14. The second-order valence-corrected chi connectivity index (χ2v) is 5.70. The quantitative estimate of drug-likeness (QED) is 0.792. The Labute approximate surface area is 128 Å². The zero-order valence-corrected chi connectivity index (χ0v) is 13.8. The van der Waals surface area contributed by atoms with Crippen LogP contribution in [0.1, 0.15) is 44.6 Å². The molecule has 0 spiro atoms. The molecule has 0 aliphatic rings. The number of aryl methyl sites for hydroxylation is 1. The molecule has 1 N–H and O–H groups in total. The maximum Gasteiger partial charge on any atom is 0.134 e. The molecule has 3 heteroatoms. The largest absolute Gasteiger partial charge is 0.459 e. The lowest BCUT2D eigenvalue weighted by molar-refractivity contribution is 0.281. The minimum absolute atomic E-state index is 0.248. The number of rotatable bonds is 8. The van der Waals surface area contributed by atoms with Gasteiger partial charge in [0, 0.05) is 18.5 Å². The second-order valence-electron chi connectivity index (χ2n) is 5.70. The molecule has 2 rings (SSSR count). The maximum atomic E-state index is 6.02. The third kappa shape index (κ3) is 3.86. The average Bonchev–Trinajstić information content (AvgIpc) is 2.84. The first-order chi connectivity index (χ1) is 10.2. The van der Waals surface area contributed by atoms with E-state index in [4.69, 9.17) is 4.42 Å². The highest BCUT2D eigenvalue weighted by Crippen LogP contribution is 2.28. The van der Waals surface area contributed by atoms with Crippen LogP contribution in [0.3, 0.4) is 0 Å². The van der Waals surface area contributed by atoms with Crippen LogP contribution >= 0.6 is 0 Å². The SMILES string of the molecule is CCCN(CC)CCNC(C)c1oc2ccccc2c1C. The summed E-state index contributed by atoms with van der Waals surface area (Å²) in [4.78, 5) is 2.48. The second kappa shape index (κ2) is 7.62. The van der Waals surface area contributed by atoms with Crippen LogP contribution in [-0.4, -0.2) is 31.1 Å². The molecule has 2 aromatic rings. The van der Waals surface area contributed by atoms with E-state index in [0.29, 0.717) is 0 Å². The minimum atomic E-state index is 0.248. The summed E-state index contributed by atoms with van der Waals surface area (Å²) in [6, 6.07) is 8.51. The summed E-state index contributed by atoms with van der Waals surface area (Å²) in [6.07, 6.45) is 1.21. The molecular weight excluding hydrogens is 260 g/mol. The Balaban J connectivity index is 1.96. The minimum Gasteiger partial charge on any atom is -0.459 e. The van der Waals surface area contributed by atoms with Crippen LogP contribution in [0.2, 0.25) is 0 Å². The van der Waals surface area contributed by atoms with Crippen LogP contribution in [0.25, 0.3) is 11.0 Å². The van der Waals surface area contributed by atoms with Gasteiger partial charge in [-0.2, -0.15) is 0 Å². The first kappa shape index (κ1) is 16.1. The molecule has 0 saturated heterocycles. The maximum absolute atomic E-state index is 6.02. The summed E-state index contributed by atoms with van der Waals surface area (Å²) in [6.45, 7) is 13.2. The Morgan fingerprint density at radius 3 is 2.62 bits per heavy atom. The normalized spacial score (nSPS) is 13.2. The molecule has 1 atom stereocenters. The number of benzene rings is 1. The predicted octanol–water partition coefficient (Wildman–Crippen LogP) is 4.12. The third-order valence-electron chi connectivity index (χ3n) is 4.14. The monoisotopic (exact) mass is 288 g/mol. The van der Waals surface area contributed by atoms with Crippen molar-refractivity contribution in [3.63, 3.8) is 0 Å². The number of likely N-dealkylation sites (N-methyl/N-ethyl adjacent to an activating group) is 1. The molecule has 0 aliphatic carbocycles. The standard InChI is InChI=1S/C18H28N2O/c1-5-12-20(6-2)13-11-19-15(4)18-14(3)16-9-7-8-10-17(16)21-18/h7-10,15,19H,5-6,11-13H2,1-4H3. The lowest BCUT2D eigenvalue weighted by Gasteiger charge is -2.21. The van der Waals surface area contributed by atoms with Gasteiger partial charge in [0.05, 0.1) is 6.04 Å². The molecule has 1 heterocycles. The number of nitrogens with one attached hydrogen (secondary N) is 1. The number of hydrogen-bond donors (Lipinski definition) is 1. The molecule has 1 aromatic carbocycles. The fourth-order valence-corrected chi connectivity index (χ4v) is 2.88. The molecule has 116 valence electrons. The molecule has 3 nitrogen and oxygen atoms in total. The molecule has 0 radical (unpaired) electrons. The summed E-state index contributed by atoms with van der Waals surface area (Å²) in [7, 11) is 0. The molecule has 0 saturated carbocycles. The fourth-order valence-electron chi connectivity index (χ4n) is 2.88. The van der Waals surface area contributed by atoms with E-state index in [1.807, 2.05) is 12.1 Å². The molecule has 0 amide bonds. The van der Waals surface area contributed by atoms with Gasteiger partial charge >= 0.3 is 0 Å². The Morgan fingerprint density at radius 2 is 1.95 bits per heavy atom. The van der Waals surface area contributed by atoms with Crippen LogP contribution in [0, 0.1) is 6.92 Å². The Kier molecular flexibility index (Phi) is 5.83. The Morgan fingerprint density at radius 1 is 1.19 bits per heavy atom. The van der Waals surface area contributed by atoms with Crippen molar-refractivity contribution < 1.29 is 4.42 Å². The topological polar surface area (TPSA) is 28.4 Å². The van der Waals surface area contributed by atoms with E-state index in [1.54, 1.807) is 0 Å². The molecule has 0 aliphatic heterocycles. The zero-order chi connectivity index (χ0) is 15.2. The molecule has 1 aromatic heterocycles. The van der Waals surface area contributed by atoms with Crippen molar-refractivity contribution in [2.24, 2.45) is 0 Å². The van der Waals surface area contributed by atoms with Gasteiger partial charge in [0.1, 0.15) is 11.3 Å². The van der Waals surface area contributed by atoms with E-state index >= 15 is 0 Å². The van der Waals surface area contributed by atoms with E-state index in [0.717, 1.165) is 31.0 Å². The van der Waals surface area contributed by atoms with Crippen molar-refractivity contribution in [1.29, 1.82) is 0 Å². The van der Waals surface area contributed by atoms with Gasteiger partial charge in [-0.15, -0.1) is 0 Å². The van der Waals surface area contributed by atoms with Crippen LogP contribution in [0.4, 0.5) is 0 Å². The van der Waals surface area contributed by atoms with Gasteiger partial charge in [-0.3, -0.25) is 0 Å². The number of para-hydroxylation sites is 1. The van der Waals surface area contributed by atoms with Gasteiger partial charge in [-0.25, -0.2) is 0 Å². The van der Waals surface area contributed by atoms with Crippen molar-refractivity contribution in [2.45, 2.75) is 40.2 Å². The van der Waals surface area contributed by atoms with Gasteiger partial charge in [0.15, 0.2) is 0 Å². The number of hydrogen-bond acceptors (Lipinski definition) is 3. The van der Waals surface area contributed by atoms with Gasteiger partial charge in [0.25, 0.3) is 0 Å². The number of nitrogens with zero attached hydrogens (tertiary/aromatic N) is 1. The van der Waals surface area contributed by atoms with E-state index in [2.05, 4.69) is 50.0 Å². The zero-order valence-electron chi connectivity index (χ0n) is 13.8. The lowest BCUT2D eigenvalue weighted by atomic mass is 10.1. The molecule has 0 fully saturated rings. The van der Waals surface area contributed by atoms with E-state index in [9.17, 15) is 0 Å². The van der Waals surface area contributed by atoms with Crippen molar-refractivity contribution >= 4 is 11.0 Å². The lowest BCUT2D eigenvalue weighted by Crippen LogP contribution is -2.33. The van der Waals surface area contributed by atoms with Crippen LogP contribution in [0.5, 0.6) is 0 Å². The number of fused-ring (bicyclic) bond motifs is 1. The summed E-state index contributed by atoms with van der Waals surface area (Å²) >= 11 is 0. The van der Waals surface area contributed by atoms with Crippen LogP contribution in [-0.2, 0) is 0 Å². The van der Waals surface area contributed by atoms with Crippen LogP contribution in [0.15, 0.2) is 28.7 Å². The average molecular weight is 288 g/mol. The van der Waals surface area contributed by atoms with Gasteiger partial charge in [0.2, 0.25) is 0 Å². The van der Waals surface area contributed by atoms with E-state index in [1.165, 1.54) is 23.9 Å². The van der Waals surface area contributed by atoms with Crippen molar-refractivity contribution in [3.8, 4) is 0 Å². The van der Waals surface area contributed by atoms with Gasteiger partial charge in [-0.05, 0) is 45.0 Å². The summed E-state index contributed by atoms with van der Waals surface area (Å²) in [5.41, 5.74) is 2.24. The van der Waals surface area contributed by atoms with Gasteiger partial charge < -0.3 is 14.6 Å². The first-order valence-electron chi connectivity index (χ1n) is 8.11. The van der Waals surface area contributed by atoms with E-state index < -0.39 is 0 Å². The molecule has 1 unspecified atom stereocenters. The molecule has 0 bridgehead atoms. The number of furan rings is 1. The van der Waals surface area contributed by atoms with Crippen LogP contribution < -0.4 is 5.32 Å². The molecular formula is C18H28N2O. The summed E-state index contributed by atoms with van der Waals surface area (Å²) < 4.78 is 6.02. The smallest absolute Gasteiger partial charge is 0.134 e. The highest BCUT2D eigenvalue weighted by molar-refractivity contribution is 5.82. The Bertz CT molecular complexity index is 561. The van der Waals surface area contributed by atoms with Crippen molar-refractivity contribution in [3.05, 3.63) is 35.6 Å². The van der Waals surface area contributed by atoms with E-state index in [-0.39, 0.29) is 6.04 Å². The Hall–Kier alpha value is -1.32. The van der Waals surface area contributed by atoms with Gasteiger partial charge in [-0.1, -0.05) is 32.0 Å². The molecule has 21 heavy (non-hydrogen) atoms. The first-order valence-corrected chi connectivity index (χ1v) is 8.11. The summed E-state index contributed by atoms with van der Waals surface area (Å²) in [5.74, 6) is 1.06. The predicted molar refractivity (Wildman–Crippen MR) is 89.8 cm³/mol. The summed E-state index contributed by atoms with van der Waals surface area (Å²) in [5, 5.41) is 4.81. The van der Waals surface area contributed by atoms with Crippen molar-refractivity contribution in [2.75, 3.05) is 26.2 Å². The fraction of sp³-hybridized carbons (Fsp3) is 0.556. The highest BCUT2D eigenvalue weighted by atomic mass is 16.3. The van der Waals surface area contributed by atoms with Crippen molar-refractivity contribution in [1.82, 2.24) is 10.2 Å². The highest BCUT2D eigenvalue weighted by Gasteiger charge is 2.15.